The number of carbonyl (C=O) groups excluding carboxylic acids is 2. The maximum absolute atomic E-state index is 12.9. The summed E-state index contributed by atoms with van der Waals surface area (Å²) in [5.41, 5.74) is 0.764. The summed E-state index contributed by atoms with van der Waals surface area (Å²) in [4.78, 5) is 24.0. The first-order valence-corrected chi connectivity index (χ1v) is 11.0. The van der Waals surface area contributed by atoms with Gasteiger partial charge >= 0.3 is 5.97 Å². The maximum Gasteiger partial charge on any atom is 0.306 e. The number of hydrogen-bond acceptors (Lipinski definition) is 5. The van der Waals surface area contributed by atoms with Crippen molar-refractivity contribution < 1.29 is 22.7 Å². The quantitative estimate of drug-likeness (QED) is 0.728. The van der Waals surface area contributed by atoms with Crippen LogP contribution in [-0.2, 0) is 24.3 Å². The van der Waals surface area contributed by atoms with Crippen LogP contribution in [-0.4, -0.2) is 44.3 Å². The Morgan fingerprint density at radius 1 is 1.14 bits per heavy atom. The number of benzene rings is 1. The van der Waals surface area contributed by atoms with Crippen molar-refractivity contribution in [3.63, 3.8) is 0 Å². The van der Waals surface area contributed by atoms with Gasteiger partial charge < -0.3 is 10.1 Å². The van der Waals surface area contributed by atoms with Crippen LogP contribution in [0.15, 0.2) is 23.1 Å². The first-order valence-electron chi connectivity index (χ1n) is 9.55. The van der Waals surface area contributed by atoms with Gasteiger partial charge in [0.1, 0.15) is 0 Å². The van der Waals surface area contributed by atoms with Gasteiger partial charge in [-0.3, -0.25) is 9.59 Å². The number of rotatable bonds is 6. The second kappa shape index (κ2) is 9.05. The van der Waals surface area contributed by atoms with Crippen LogP contribution in [0.25, 0.3) is 0 Å². The number of piperidine rings is 1. The third kappa shape index (κ3) is 6.31. The average Bonchev–Trinajstić information content (AvgIpc) is 2.61. The van der Waals surface area contributed by atoms with E-state index in [1.165, 1.54) is 10.4 Å². The topological polar surface area (TPSA) is 92.8 Å². The molecule has 0 bridgehead atoms. The highest BCUT2D eigenvalue weighted by Crippen LogP contribution is 2.26. The molecule has 0 radical (unpaired) electrons. The molecular formula is C20H30N2O5S. The van der Waals surface area contributed by atoms with Crippen molar-refractivity contribution >= 4 is 27.6 Å². The molecule has 1 aliphatic heterocycles. The summed E-state index contributed by atoms with van der Waals surface area (Å²) < 4.78 is 32.4. The molecule has 0 unspecified atom stereocenters. The number of esters is 1. The Hall–Kier alpha value is -1.93. The SMILES string of the molecule is Cc1ccc(NC(=O)COC(=O)CC(C)(C)C)cc1S(=O)(=O)N1CCCCC1. The van der Waals surface area contributed by atoms with Crippen LogP contribution in [0.3, 0.4) is 0 Å². The molecule has 8 heteroatoms. The second-order valence-electron chi connectivity index (χ2n) is 8.39. The molecule has 0 atom stereocenters. The van der Waals surface area contributed by atoms with E-state index in [1.807, 2.05) is 20.8 Å². The van der Waals surface area contributed by atoms with Gasteiger partial charge in [-0.25, -0.2) is 8.42 Å². The third-order valence-electron chi connectivity index (χ3n) is 4.44. The fraction of sp³-hybridized carbons (Fsp3) is 0.600. The molecule has 0 aliphatic carbocycles. The molecule has 1 saturated heterocycles. The molecular weight excluding hydrogens is 380 g/mol. The summed E-state index contributed by atoms with van der Waals surface area (Å²) in [6, 6.07) is 4.77. The van der Waals surface area contributed by atoms with Crippen molar-refractivity contribution in [1.82, 2.24) is 4.31 Å². The zero-order valence-corrected chi connectivity index (χ0v) is 17.9. The number of sulfonamides is 1. The predicted octanol–water partition coefficient (Wildman–Crippen LogP) is 3.09. The van der Waals surface area contributed by atoms with Crippen LogP contribution >= 0.6 is 0 Å². The summed E-state index contributed by atoms with van der Waals surface area (Å²) in [5.74, 6) is -0.952. The molecule has 1 aromatic rings. The van der Waals surface area contributed by atoms with Crippen molar-refractivity contribution in [2.24, 2.45) is 5.41 Å². The van der Waals surface area contributed by atoms with E-state index < -0.39 is 28.5 Å². The van der Waals surface area contributed by atoms with Gasteiger partial charge in [0.25, 0.3) is 5.91 Å². The largest absolute Gasteiger partial charge is 0.456 e. The Morgan fingerprint density at radius 2 is 1.79 bits per heavy atom. The minimum absolute atomic E-state index is 0.192. The Labute approximate surface area is 167 Å². The first kappa shape index (κ1) is 22.4. The van der Waals surface area contributed by atoms with Crippen molar-refractivity contribution in [2.45, 2.75) is 58.3 Å². The van der Waals surface area contributed by atoms with E-state index >= 15 is 0 Å². The molecule has 0 spiro atoms. The number of ether oxygens (including phenoxy) is 1. The zero-order valence-electron chi connectivity index (χ0n) is 17.1. The lowest BCUT2D eigenvalue weighted by atomic mass is 9.92. The first-order chi connectivity index (χ1) is 13.0. The van der Waals surface area contributed by atoms with E-state index in [0.29, 0.717) is 24.3 Å². The summed E-state index contributed by atoms with van der Waals surface area (Å²) in [6.45, 7) is 8.08. The highest BCUT2D eigenvalue weighted by Gasteiger charge is 2.27. The molecule has 1 N–H and O–H groups in total. The lowest BCUT2D eigenvalue weighted by Crippen LogP contribution is -2.36. The normalized spacial score (nSPS) is 15.9. The summed E-state index contributed by atoms with van der Waals surface area (Å²) >= 11 is 0. The molecule has 2 rings (SSSR count). The van der Waals surface area contributed by atoms with Crippen LogP contribution in [0.5, 0.6) is 0 Å². The van der Waals surface area contributed by atoms with E-state index in [4.69, 9.17) is 4.74 Å². The Bertz CT molecular complexity index is 821. The molecule has 7 nitrogen and oxygen atoms in total. The molecule has 1 aromatic carbocycles. The number of anilines is 1. The van der Waals surface area contributed by atoms with Crippen LogP contribution < -0.4 is 5.32 Å². The van der Waals surface area contributed by atoms with Crippen molar-refractivity contribution in [3.05, 3.63) is 23.8 Å². The molecule has 28 heavy (non-hydrogen) atoms. The molecule has 1 aliphatic rings. The van der Waals surface area contributed by atoms with Gasteiger partial charge in [-0.1, -0.05) is 33.3 Å². The zero-order chi connectivity index (χ0) is 20.9. The van der Waals surface area contributed by atoms with Crippen LogP contribution in [0.2, 0.25) is 0 Å². The fourth-order valence-corrected chi connectivity index (χ4v) is 4.80. The van der Waals surface area contributed by atoms with Gasteiger partial charge in [0, 0.05) is 18.8 Å². The Kier molecular flexibility index (Phi) is 7.22. The second-order valence-corrected chi connectivity index (χ2v) is 10.3. The average molecular weight is 411 g/mol. The Morgan fingerprint density at radius 3 is 2.39 bits per heavy atom. The van der Waals surface area contributed by atoms with Gasteiger partial charge in [-0.05, 0) is 42.9 Å². The summed E-state index contributed by atoms with van der Waals surface area (Å²) in [7, 11) is -3.60. The minimum Gasteiger partial charge on any atom is -0.456 e. The molecule has 1 amide bonds. The van der Waals surface area contributed by atoms with Crippen LogP contribution in [0.1, 0.15) is 52.0 Å². The number of hydrogen-bond donors (Lipinski definition) is 1. The number of amides is 1. The van der Waals surface area contributed by atoms with Gasteiger partial charge in [-0.2, -0.15) is 4.31 Å². The van der Waals surface area contributed by atoms with Gasteiger partial charge in [-0.15, -0.1) is 0 Å². The standard InChI is InChI=1S/C20H30N2O5S/c1-15-8-9-16(21-18(23)14-27-19(24)13-20(2,3)4)12-17(15)28(25,26)22-10-6-5-7-11-22/h8-9,12H,5-7,10-11,13-14H2,1-4H3,(H,21,23). The molecule has 156 valence electrons. The van der Waals surface area contributed by atoms with Gasteiger partial charge in [0.05, 0.1) is 11.3 Å². The Balaban J connectivity index is 2.04. The smallest absolute Gasteiger partial charge is 0.306 e. The van der Waals surface area contributed by atoms with E-state index in [-0.39, 0.29) is 16.7 Å². The van der Waals surface area contributed by atoms with Gasteiger partial charge in [0.15, 0.2) is 6.61 Å². The molecule has 0 aromatic heterocycles. The summed E-state index contributed by atoms with van der Waals surface area (Å²) in [6.07, 6.45) is 2.96. The maximum atomic E-state index is 12.9. The molecule has 1 heterocycles. The lowest BCUT2D eigenvalue weighted by Gasteiger charge is -2.26. The van der Waals surface area contributed by atoms with Crippen LogP contribution in [0.4, 0.5) is 5.69 Å². The van der Waals surface area contributed by atoms with Crippen LogP contribution in [0, 0.1) is 12.3 Å². The van der Waals surface area contributed by atoms with Crippen molar-refractivity contribution in [3.8, 4) is 0 Å². The van der Waals surface area contributed by atoms with E-state index in [1.54, 1.807) is 19.1 Å². The highest BCUT2D eigenvalue weighted by molar-refractivity contribution is 7.89. The molecule has 0 saturated carbocycles. The number of carbonyl (C=O) groups is 2. The number of nitrogens with zero attached hydrogens (tertiary/aromatic N) is 1. The number of nitrogens with one attached hydrogen (secondary N) is 1. The van der Waals surface area contributed by atoms with E-state index in [0.717, 1.165) is 19.3 Å². The summed E-state index contributed by atoms with van der Waals surface area (Å²) in [5, 5.41) is 2.60. The van der Waals surface area contributed by atoms with E-state index in [2.05, 4.69) is 5.32 Å². The minimum atomic E-state index is -3.60. The van der Waals surface area contributed by atoms with E-state index in [9.17, 15) is 18.0 Å². The fourth-order valence-electron chi connectivity index (χ4n) is 3.03. The lowest BCUT2D eigenvalue weighted by molar-refractivity contribution is -0.149. The highest BCUT2D eigenvalue weighted by atomic mass is 32.2. The number of aryl methyl sites for hydroxylation is 1. The predicted molar refractivity (Wildman–Crippen MR) is 107 cm³/mol. The van der Waals surface area contributed by atoms with Gasteiger partial charge in [0.2, 0.25) is 10.0 Å². The monoisotopic (exact) mass is 410 g/mol. The van der Waals surface area contributed by atoms with Crippen molar-refractivity contribution in [2.75, 3.05) is 25.0 Å². The third-order valence-corrected chi connectivity index (χ3v) is 6.48. The van der Waals surface area contributed by atoms with Crippen molar-refractivity contribution in [1.29, 1.82) is 0 Å². The molecule has 1 fully saturated rings.